The van der Waals surface area contributed by atoms with Gasteiger partial charge in [-0.25, -0.2) is 4.79 Å². The fourth-order valence-corrected chi connectivity index (χ4v) is 3.38. The van der Waals surface area contributed by atoms with Crippen LogP contribution in [-0.4, -0.2) is 111 Å². The summed E-state index contributed by atoms with van der Waals surface area (Å²) in [6, 6.07) is -4.00. The second-order valence-corrected chi connectivity index (χ2v) is 7.48. The van der Waals surface area contributed by atoms with Gasteiger partial charge in [0.25, 0.3) is 0 Å². The Morgan fingerprint density at radius 3 is 2.24 bits per heavy atom. The van der Waals surface area contributed by atoms with Crippen molar-refractivity contribution in [3.05, 3.63) is 0 Å². The average molecular weight is 478 g/mol. The number of nitrogens with two attached hydrogens (primary N) is 2. The summed E-state index contributed by atoms with van der Waals surface area (Å²) in [4.78, 5) is 59.2. The molecule has 1 rings (SSSR count). The molecular weight excluding hydrogens is 448 g/mol. The van der Waals surface area contributed by atoms with E-state index in [1.807, 2.05) is 0 Å². The highest BCUT2D eigenvalue weighted by Gasteiger charge is 2.48. The molecule has 7 atom stereocenters. The molecule has 1 fully saturated rings. The highest BCUT2D eigenvalue weighted by molar-refractivity contribution is 5.91. The highest BCUT2D eigenvalue weighted by Crippen LogP contribution is 2.26. The van der Waals surface area contributed by atoms with Crippen molar-refractivity contribution < 1.29 is 53.9 Å². The molecule has 0 aromatic rings. The number of amides is 3. The Bertz CT molecular complexity index is 749. The predicted molar refractivity (Wildman–Crippen MR) is 107 cm³/mol. The first-order valence-corrected chi connectivity index (χ1v) is 9.95. The molecular formula is C18H30N4O11. The molecule has 0 radical (unpaired) electrons. The number of aliphatic hydroxyl groups excluding tert-OH is 2. The molecule has 0 aliphatic carbocycles. The molecule has 1 aliphatic heterocycles. The van der Waals surface area contributed by atoms with Crippen LogP contribution in [0.3, 0.4) is 0 Å². The number of aliphatic carboxylic acids is 2. The van der Waals surface area contributed by atoms with E-state index in [0.717, 1.165) is 11.8 Å². The van der Waals surface area contributed by atoms with E-state index in [0.29, 0.717) is 0 Å². The molecule has 9 N–H and O–H groups in total. The fraction of sp³-hybridized carbons (Fsp3) is 0.722. The van der Waals surface area contributed by atoms with Gasteiger partial charge >= 0.3 is 11.9 Å². The van der Waals surface area contributed by atoms with Crippen molar-refractivity contribution in [1.29, 1.82) is 0 Å². The lowest BCUT2D eigenvalue weighted by Gasteiger charge is -2.47. The maximum Gasteiger partial charge on any atom is 0.329 e. The summed E-state index contributed by atoms with van der Waals surface area (Å²) < 4.78 is 10.7. The van der Waals surface area contributed by atoms with Crippen molar-refractivity contribution in [1.82, 2.24) is 10.2 Å². The molecule has 15 heteroatoms. The Balaban J connectivity index is 3.13. The lowest BCUT2D eigenvalue weighted by molar-refractivity contribution is -0.239. The summed E-state index contributed by atoms with van der Waals surface area (Å²) >= 11 is 0. The van der Waals surface area contributed by atoms with E-state index in [-0.39, 0.29) is 6.42 Å². The molecule has 1 unspecified atom stereocenters. The second kappa shape index (κ2) is 12.4. The zero-order valence-corrected chi connectivity index (χ0v) is 18.1. The minimum atomic E-state index is -1.53. The molecule has 0 spiro atoms. The fourth-order valence-electron chi connectivity index (χ4n) is 3.38. The number of carbonyl (C=O) groups is 5. The van der Waals surface area contributed by atoms with Crippen molar-refractivity contribution in [3.8, 4) is 0 Å². The van der Waals surface area contributed by atoms with Gasteiger partial charge in [0.05, 0.1) is 12.6 Å². The predicted octanol–water partition coefficient (Wildman–Crippen LogP) is -4.07. The molecule has 1 heterocycles. The van der Waals surface area contributed by atoms with Gasteiger partial charge in [-0.15, -0.1) is 0 Å². The molecule has 33 heavy (non-hydrogen) atoms. The third-order valence-corrected chi connectivity index (χ3v) is 5.06. The number of hydrogen-bond donors (Lipinski definition) is 7. The van der Waals surface area contributed by atoms with Crippen LogP contribution in [0, 0.1) is 0 Å². The number of aliphatic hydroxyl groups is 2. The van der Waals surface area contributed by atoms with Crippen molar-refractivity contribution in [2.45, 2.75) is 69.4 Å². The van der Waals surface area contributed by atoms with E-state index < -0.39 is 92.0 Å². The number of hydrogen-bond acceptors (Lipinski definition) is 10. The quantitative estimate of drug-likeness (QED) is 0.141. The van der Waals surface area contributed by atoms with Crippen molar-refractivity contribution >= 4 is 29.7 Å². The Morgan fingerprint density at radius 2 is 1.79 bits per heavy atom. The van der Waals surface area contributed by atoms with E-state index >= 15 is 0 Å². The SMILES string of the molecule is CC(=O)N(C1O[C@H](CO)[C@@H](O)[C@H](OCC(=O)O)[C@H]1N)[C@@H](C)C(=O)N[C@@H](CCC(=O)O)C(N)=O. The van der Waals surface area contributed by atoms with Crippen LogP contribution in [0.15, 0.2) is 0 Å². The molecule has 3 amide bonds. The molecule has 1 aliphatic rings. The largest absolute Gasteiger partial charge is 0.481 e. The Morgan fingerprint density at radius 1 is 1.18 bits per heavy atom. The summed E-state index contributed by atoms with van der Waals surface area (Å²) in [5, 5.41) is 39.8. The number of carbonyl (C=O) groups excluding carboxylic acids is 3. The Hall–Kier alpha value is -2.85. The normalized spacial score (nSPS) is 26.6. The van der Waals surface area contributed by atoms with Crippen LogP contribution in [0.4, 0.5) is 0 Å². The first kappa shape index (κ1) is 28.2. The van der Waals surface area contributed by atoms with Gasteiger partial charge < -0.3 is 51.6 Å². The summed E-state index contributed by atoms with van der Waals surface area (Å²) in [7, 11) is 0. The molecule has 0 saturated carbocycles. The Kier molecular flexibility index (Phi) is 10.6. The third-order valence-electron chi connectivity index (χ3n) is 5.06. The molecule has 15 nitrogen and oxygen atoms in total. The van der Waals surface area contributed by atoms with E-state index in [1.165, 1.54) is 6.92 Å². The third kappa shape index (κ3) is 7.61. The number of carboxylic acids is 2. The topological polar surface area (TPSA) is 252 Å². The van der Waals surface area contributed by atoms with Crippen LogP contribution in [0.1, 0.15) is 26.7 Å². The van der Waals surface area contributed by atoms with Gasteiger partial charge in [-0.1, -0.05) is 0 Å². The van der Waals surface area contributed by atoms with E-state index in [4.69, 9.17) is 31.2 Å². The zero-order valence-electron chi connectivity index (χ0n) is 18.1. The van der Waals surface area contributed by atoms with Gasteiger partial charge in [0.2, 0.25) is 17.7 Å². The molecule has 0 aromatic heterocycles. The monoisotopic (exact) mass is 478 g/mol. The van der Waals surface area contributed by atoms with Gasteiger partial charge in [-0.3, -0.25) is 19.2 Å². The summed E-state index contributed by atoms with van der Waals surface area (Å²) in [6.07, 6.45) is -6.40. The zero-order chi connectivity index (χ0) is 25.5. The van der Waals surface area contributed by atoms with Crippen LogP contribution < -0.4 is 16.8 Å². The standard InChI is InChI=1S/C18H30N4O11/c1-7(17(31)21-9(16(20)30)3-4-11(25)26)22(8(2)24)18-13(19)15(32-6-12(27)28)14(29)10(5-23)33-18/h7,9-10,13-15,18,23,29H,3-6,19H2,1-2H3,(H2,20,30)(H,21,31)(H,25,26)(H,27,28)/t7-,9-,10+,13+,14+,15+,18?/m0/s1. The molecule has 0 bridgehead atoms. The Labute approximate surface area is 188 Å². The number of rotatable bonds is 12. The number of nitrogens with one attached hydrogen (secondary N) is 1. The van der Waals surface area contributed by atoms with Gasteiger partial charge in [-0.05, 0) is 13.3 Å². The lowest BCUT2D eigenvalue weighted by atomic mass is 9.95. The molecule has 1 saturated heterocycles. The maximum absolute atomic E-state index is 12.7. The number of nitrogens with zero attached hydrogens (tertiary/aromatic N) is 1. The number of primary amides is 1. The van der Waals surface area contributed by atoms with Crippen LogP contribution in [0.25, 0.3) is 0 Å². The summed E-state index contributed by atoms with van der Waals surface area (Å²) in [5.41, 5.74) is 11.3. The van der Waals surface area contributed by atoms with E-state index in [9.17, 15) is 34.2 Å². The first-order valence-electron chi connectivity index (χ1n) is 9.95. The van der Waals surface area contributed by atoms with Crippen LogP contribution >= 0.6 is 0 Å². The summed E-state index contributed by atoms with van der Waals surface area (Å²) in [6.45, 7) is 0.791. The van der Waals surface area contributed by atoms with Gasteiger partial charge in [-0.2, -0.15) is 0 Å². The van der Waals surface area contributed by atoms with Crippen molar-refractivity contribution in [2.24, 2.45) is 11.5 Å². The second-order valence-electron chi connectivity index (χ2n) is 7.48. The van der Waals surface area contributed by atoms with Crippen LogP contribution in [-0.2, 0) is 33.4 Å². The van der Waals surface area contributed by atoms with Crippen molar-refractivity contribution in [2.75, 3.05) is 13.2 Å². The minimum absolute atomic E-state index is 0.285. The van der Waals surface area contributed by atoms with Crippen LogP contribution in [0.2, 0.25) is 0 Å². The number of ether oxygens (including phenoxy) is 2. The van der Waals surface area contributed by atoms with Gasteiger partial charge in [0, 0.05) is 13.3 Å². The van der Waals surface area contributed by atoms with E-state index in [1.54, 1.807) is 0 Å². The van der Waals surface area contributed by atoms with Gasteiger partial charge in [0.15, 0.2) is 6.23 Å². The van der Waals surface area contributed by atoms with Crippen molar-refractivity contribution in [3.63, 3.8) is 0 Å². The lowest BCUT2D eigenvalue weighted by Crippen LogP contribution is -2.69. The molecule has 188 valence electrons. The minimum Gasteiger partial charge on any atom is -0.481 e. The smallest absolute Gasteiger partial charge is 0.329 e. The summed E-state index contributed by atoms with van der Waals surface area (Å²) in [5.74, 6) is -5.15. The van der Waals surface area contributed by atoms with Crippen LogP contribution in [0.5, 0.6) is 0 Å². The first-order chi connectivity index (χ1) is 15.3. The highest BCUT2D eigenvalue weighted by atomic mass is 16.6. The van der Waals surface area contributed by atoms with E-state index in [2.05, 4.69) is 5.32 Å². The average Bonchev–Trinajstić information content (AvgIpc) is 2.71. The van der Waals surface area contributed by atoms with Gasteiger partial charge in [0.1, 0.15) is 37.0 Å². The molecule has 0 aromatic carbocycles. The maximum atomic E-state index is 12.7. The number of carboxylic acid groups (broad SMARTS) is 2.